The molecule has 0 aliphatic rings. The number of hydrogen-bond donors (Lipinski definition) is 1. The zero-order valence-corrected chi connectivity index (χ0v) is 13.7. The van der Waals surface area contributed by atoms with E-state index in [1.807, 2.05) is 13.0 Å². The smallest absolute Gasteiger partial charge is 0.186 e. The molecule has 0 spiro atoms. The Bertz CT molecular complexity index is 784. The molecule has 0 bridgehead atoms. The summed E-state index contributed by atoms with van der Waals surface area (Å²) in [6.07, 6.45) is 1.14. The molecule has 0 radical (unpaired) electrons. The molecule has 0 fully saturated rings. The highest BCUT2D eigenvalue weighted by Crippen LogP contribution is 2.32. The highest BCUT2D eigenvalue weighted by atomic mass is 35.5. The first-order chi connectivity index (χ1) is 11.0. The van der Waals surface area contributed by atoms with Crippen molar-refractivity contribution in [1.82, 2.24) is 0 Å². The third kappa shape index (κ3) is 4.08. The van der Waals surface area contributed by atoms with Crippen molar-refractivity contribution < 1.29 is 17.9 Å². The summed E-state index contributed by atoms with van der Waals surface area (Å²) in [4.78, 5) is 0.174. The Labute approximate surface area is 140 Å². The minimum absolute atomic E-state index is 0.145. The highest BCUT2D eigenvalue weighted by molar-refractivity contribution is 7.79. The second kappa shape index (κ2) is 7.55. The minimum atomic E-state index is -2.20. The van der Waals surface area contributed by atoms with Gasteiger partial charge in [0.15, 0.2) is 11.1 Å². The van der Waals surface area contributed by atoms with Crippen LogP contribution >= 0.6 is 11.6 Å². The van der Waals surface area contributed by atoms with E-state index in [0.717, 1.165) is 12.1 Å². The first-order valence-electron chi connectivity index (χ1n) is 6.77. The summed E-state index contributed by atoms with van der Waals surface area (Å²) >= 11 is 3.58. The monoisotopic (exact) mass is 353 g/mol. The van der Waals surface area contributed by atoms with Crippen molar-refractivity contribution in [1.29, 1.82) is 5.26 Å². The van der Waals surface area contributed by atoms with Crippen LogP contribution < -0.4 is 4.74 Å². The van der Waals surface area contributed by atoms with Gasteiger partial charge in [0.2, 0.25) is 0 Å². The molecule has 0 saturated carbocycles. The molecule has 0 amide bonds. The van der Waals surface area contributed by atoms with Gasteiger partial charge in [-0.1, -0.05) is 24.9 Å². The fraction of sp³-hybridized carbons (Fsp3) is 0.188. The molecule has 0 aliphatic heterocycles. The van der Waals surface area contributed by atoms with Crippen LogP contribution in [0.3, 0.4) is 0 Å². The van der Waals surface area contributed by atoms with Crippen molar-refractivity contribution in [2.45, 2.75) is 24.7 Å². The van der Waals surface area contributed by atoms with Crippen LogP contribution in [0.15, 0.2) is 35.2 Å². The van der Waals surface area contributed by atoms with E-state index in [4.69, 9.17) is 16.3 Å². The normalized spacial score (nSPS) is 11.8. The standard InChI is InChI=1S/C16H13ClFNO3S/c1-2-3-13-14(9-19)15(4-5-16(13)23(20)21)22-12-7-10(17)6-11(18)8-12/h4-8H,2-3H2,1H3,(H,20,21). The number of rotatable bonds is 5. The van der Waals surface area contributed by atoms with Crippen LogP contribution in [0.1, 0.15) is 24.5 Å². The van der Waals surface area contributed by atoms with Crippen LogP contribution in [0.4, 0.5) is 4.39 Å². The lowest BCUT2D eigenvalue weighted by atomic mass is 10.0. The zero-order valence-electron chi connectivity index (χ0n) is 12.2. The molecular formula is C16H13ClFNO3S. The SMILES string of the molecule is CCCc1c(S(=O)O)ccc(Oc2cc(F)cc(Cl)c2)c1C#N. The topological polar surface area (TPSA) is 70.3 Å². The minimum Gasteiger partial charge on any atom is -0.456 e. The summed E-state index contributed by atoms with van der Waals surface area (Å²) in [5, 5.41) is 9.58. The Balaban J connectivity index is 2.52. The summed E-state index contributed by atoms with van der Waals surface area (Å²) in [6.45, 7) is 1.89. The average Bonchev–Trinajstić information content (AvgIpc) is 2.46. The Morgan fingerprint density at radius 1 is 1.39 bits per heavy atom. The molecule has 0 aromatic heterocycles. The predicted octanol–water partition coefficient (Wildman–Crippen LogP) is 4.68. The van der Waals surface area contributed by atoms with Gasteiger partial charge in [-0.05, 0) is 36.2 Å². The van der Waals surface area contributed by atoms with Crippen molar-refractivity contribution in [3.63, 3.8) is 0 Å². The van der Waals surface area contributed by atoms with E-state index >= 15 is 0 Å². The summed E-state index contributed by atoms with van der Waals surface area (Å²) in [5.74, 6) is -0.230. The molecule has 1 N–H and O–H groups in total. The average molecular weight is 354 g/mol. The van der Waals surface area contributed by atoms with E-state index in [1.165, 1.54) is 18.2 Å². The molecule has 2 aromatic carbocycles. The first-order valence-corrected chi connectivity index (χ1v) is 8.25. The van der Waals surface area contributed by atoms with Gasteiger partial charge < -0.3 is 9.29 Å². The van der Waals surface area contributed by atoms with Crippen molar-refractivity contribution in [2.24, 2.45) is 0 Å². The molecule has 7 heteroatoms. The fourth-order valence-electron chi connectivity index (χ4n) is 2.19. The molecule has 0 aliphatic carbocycles. The van der Waals surface area contributed by atoms with Crippen LogP contribution in [0, 0.1) is 17.1 Å². The van der Waals surface area contributed by atoms with Crippen LogP contribution in [0.25, 0.3) is 0 Å². The summed E-state index contributed by atoms with van der Waals surface area (Å²) < 4.78 is 39.7. The largest absolute Gasteiger partial charge is 0.456 e. The Morgan fingerprint density at radius 2 is 2.13 bits per heavy atom. The van der Waals surface area contributed by atoms with E-state index < -0.39 is 16.9 Å². The number of halogens is 2. The van der Waals surface area contributed by atoms with Gasteiger partial charge in [0.05, 0.1) is 10.5 Å². The van der Waals surface area contributed by atoms with Gasteiger partial charge in [-0.3, -0.25) is 0 Å². The number of nitrogens with zero attached hydrogens (tertiary/aromatic N) is 1. The van der Waals surface area contributed by atoms with Crippen molar-refractivity contribution in [3.05, 3.63) is 52.3 Å². The van der Waals surface area contributed by atoms with Crippen LogP contribution in [-0.2, 0) is 17.5 Å². The molecule has 1 atom stereocenters. The van der Waals surface area contributed by atoms with E-state index in [-0.39, 0.29) is 27.0 Å². The highest BCUT2D eigenvalue weighted by Gasteiger charge is 2.17. The molecule has 120 valence electrons. The molecule has 0 heterocycles. The summed E-state index contributed by atoms with van der Waals surface area (Å²) in [7, 11) is 0. The maximum atomic E-state index is 13.4. The van der Waals surface area contributed by atoms with E-state index in [2.05, 4.69) is 0 Å². The Kier molecular flexibility index (Phi) is 5.72. The van der Waals surface area contributed by atoms with E-state index in [1.54, 1.807) is 0 Å². The third-order valence-corrected chi connectivity index (χ3v) is 4.07. The lowest BCUT2D eigenvalue weighted by Gasteiger charge is -2.13. The van der Waals surface area contributed by atoms with Gasteiger partial charge in [0.1, 0.15) is 23.4 Å². The maximum Gasteiger partial charge on any atom is 0.186 e. The molecule has 1 unspecified atom stereocenters. The van der Waals surface area contributed by atoms with E-state index in [0.29, 0.717) is 18.4 Å². The predicted molar refractivity (Wildman–Crippen MR) is 85.7 cm³/mol. The van der Waals surface area contributed by atoms with Crippen molar-refractivity contribution in [3.8, 4) is 17.6 Å². The van der Waals surface area contributed by atoms with Crippen LogP contribution in [0.2, 0.25) is 5.02 Å². The van der Waals surface area contributed by atoms with Gasteiger partial charge in [0, 0.05) is 11.1 Å². The zero-order chi connectivity index (χ0) is 17.0. The van der Waals surface area contributed by atoms with Gasteiger partial charge >= 0.3 is 0 Å². The number of benzene rings is 2. The van der Waals surface area contributed by atoms with Crippen molar-refractivity contribution >= 4 is 22.7 Å². The van der Waals surface area contributed by atoms with Crippen molar-refractivity contribution in [2.75, 3.05) is 0 Å². The second-order valence-corrected chi connectivity index (χ2v) is 6.11. The maximum absolute atomic E-state index is 13.4. The molecule has 0 saturated heterocycles. The number of nitriles is 1. The fourth-order valence-corrected chi connectivity index (χ4v) is 3.00. The third-order valence-electron chi connectivity index (χ3n) is 3.10. The lowest BCUT2D eigenvalue weighted by molar-refractivity contribution is 0.473. The van der Waals surface area contributed by atoms with Crippen LogP contribution in [-0.4, -0.2) is 8.76 Å². The lowest BCUT2D eigenvalue weighted by Crippen LogP contribution is -2.02. The van der Waals surface area contributed by atoms with Crippen LogP contribution in [0.5, 0.6) is 11.5 Å². The molecule has 23 heavy (non-hydrogen) atoms. The summed E-state index contributed by atoms with van der Waals surface area (Å²) in [6, 6.07) is 8.54. The Morgan fingerprint density at radius 3 is 2.70 bits per heavy atom. The summed E-state index contributed by atoms with van der Waals surface area (Å²) in [5.41, 5.74) is 0.614. The Hall–Kier alpha value is -1.94. The quantitative estimate of drug-likeness (QED) is 0.792. The van der Waals surface area contributed by atoms with E-state index in [9.17, 15) is 18.4 Å². The molecule has 2 aromatic rings. The van der Waals surface area contributed by atoms with Gasteiger partial charge in [-0.15, -0.1) is 0 Å². The number of ether oxygens (including phenoxy) is 1. The first kappa shape index (κ1) is 17.4. The van der Waals surface area contributed by atoms with Gasteiger partial charge in [-0.2, -0.15) is 5.26 Å². The second-order valence-electron chi connectivity index (χ2n) is 4.73. The number of hydrogen-bond acceptors (Lipinski definition) is 3. The molecule has 4 nitrogen and oxygen atoms in total. The van der Waals surface area contributed by atoms with Gasteiger partial charge in [0.25, 0.3) is 0 Å². The molecule has 2 rings (SSSR count). The molecular weight excluding hydrogens is 341 g/mol. The van der Waals surface area contributed by atoms with Gasteiger partial charge in [-0.25, -0.2) is 8.60 Å².